The number of aliphatic hydroxyl groups excluding tert-OH is 1. The highest BCUT2D eigenvalue weighted by Crippen LogP contribution is 2.21. The second-order valence-electron chi connectivity index (χ2n) is 7.28. The van der Waals surface area contributed by atoms with Crippen LogP contribution in [0.2, 0.25) is 0 Å². The summed E-state index contributed by atoms with van der Waals surface area (Å²) in [5.74, 6) is 0.0873. The van der Waals surface area contributed by atoms with Crippen LogP contribution < -0.4 is 11.1 Å². The van der Waals surface area contributed by atoms with Crippen molar-refractivity contribution in [3.05, 3.63) is 78.2 Å². The molecule has 0 spiro atoms. The summed E-state index contributed by atoms with van der Waals surface area (Å²) in [7, 11) is 3.01. The van der Waals surface area contributed by atoms with Crippen LogP contribution in [0.1, 0.15) is 65.0 Å². The van der Waals surface area contributed by atoms with Gasteiger partial charge in [0.15, 0.2) is 12.1 Å². The van der Waals surface area contributed by atoms with E-state index in [1.807, 2.05) is 6.92 Å². The molecular formula is C28H45N3O3. The molecule has 34 heavy (non-hydrogen) atoms. The van der Waals surface area contributed by atoms with Crippen LogP contribution in [0.15, 0.2) is 72.0 Å². The fourth-order valence-corrected chi connectivity index (χ4v) is 2.77. The van der Waals surface area contributed by atoms with Crippen LogP contribution in [0.5, 0.6) is 0 Å². The van der Waals surface area contributed by atoms with E-state index in [0.29, 0.717) is 12.0 Å². The highest BCUT2D eigenvalue weighted by Gasteiger charge is 2.06. The average Bonchev–Trinajstić information content (AvgIpc) is 2.85. The van der Waals surface area contributed by atoms with Crippen molar-refractivity contribution in [2.75, 3.05) is 14.2 Å². The lowest BCUT2D eigenvalue weighted by atomic mass is 9.98. The third kappa shape index (κ3) is 14.2. The molecule has 0 radical (unpaired) electrons. The van der Waals surface area contributed by atoms with Gasteiger partial charge < -0.3 is 20.9 Å². The van der Waals surface area contributed by atoms with E-state index in [1.54, 1.807) is 0 Å². The Kier molecular flexibility index (Phi) is 20.2. The molecule has 190 valence electrons. The number of Topliss-reactive ketones (excluding diaryl/α,β-unsaturated/α-hetero) is 1. The number of carbonyl (C=O) groups is 1. The van der Waals surface area contributed by atoms with Crippen molar-refractivity contribution in [3.63, 3.8) is 0 Å². The van der Waals surface area contributed by atoms with Crippen LogP contribution in [-0.4, -0.2) is 37.2 Å². The number of amidine groups is 1. The SMILES string of the molecule is C.C=CN/C=C(/C(C)=O)C(N)=NC.CCC(O)OC.CCCc1ccc(C2=CCCC=C2)cc1. The summed E-state index contributed by atoms with van der Waals surface area (Å²) in [5, 5.41) is 11.1. The summed E-state index contributed by atoms with van der Waals surface area (Å²) < 4.78 is 4.45. The Hall–Kier alpha value is -2.96. The summed E-state index contributed by atoms with van der Waals surface area (Å²) in [4.78, 5) is 14.6. The van der Waals surface area contributed by atoms with E-state index in [9.17, 15) is 4.79 Å². The molecule has 0 aromatic heterocycles. The van der Waals surface area contributed by atoms with Crippen LogP contribution in [-0.2, 0) is 16.0 Å². The van der Waals surface area contributed by atoms with E-state index in [0.717, 1.165) is 0 Å². The summed E-state index contributed by atoms with van der Waals surface area (Å²) >= 11 is 0. The third-order valence-corrected chi connectivity index (χ3v) is 4.68. The van der Waals surface area contributed by atoms with E-state index >= 15 is 0 Å². The first-order valence-corrected chi connectivity index (χ1v) is 11.3. The van der Waals surface area contributed by atoms with Gasteiger partial charge in [0.2, 0.25) is 0 Å². The maximum atomic E-state index is 10.9. The molecule has 6 heteroatoms. The molecular weight excluding hydrogens is 426 g/mol. The Bertz CT molecular complexity index is 818. The van der Waals surface area contributed by atoms with Crippen molar-refractivity contribution < 1.29 is 14.6 Å². The number of aliphatic hydroxyl groups is 1. The highest BCUT2D eigenvalue weighted by atomic mass is 16.6. The lowest BCUT2D eigenvalue weighted by Gasteiger charge is -2.07. The molecule has 1 aromatic rings. The van der Waals surface area contributed by atoms with Crippen molar-refractivity contribution in [1.29, 1.82) is 0 Å². The Morgan fingerprint density at radius 3 is 2.32 bits per heavy atom. The molecule has 2 rings (SSSR count). The van der Waals surface area contributed by atoms with Crippen LogP contribution in [0.4, 0.5) is 0 Å². The number of carbonyl (C=O) groups excluding carboxylic acids is 1. The second kappa shape index (κ2) is 20.6. The molecule has 0 fully saturated rings. The number of aliphatic imine (C=N–C) groups is 1. The molecule has 1 aliphatic carbocycles. The molecule has 1 unspecified atom stereocenters. The second-order valence-corrected chi connectivity index (χ2v) is 7.28. The van der Waals surface area contributed by atoms with E-state index < -0.39 is 6.29 Å². The first-order valence-electron chi connectivity index (χ1n) is 11.3. The third-order valence-electron chi connectivity index (χ3n) is 4.68. The van der Waals surface area contributed by atoms with Gasteiger partial charge in [-0.1, -0.05) is 76.8 Å². The van der Waals surface area contributed by atoms with Gasteiger partial charge in [-0.3, -0.25) is 9.79 Å². The van der Waals surface area contributed by atoms with Crippen molar-refractivity contribution in [2.24, 2.45) is 10.7 Å². The van der Waals surface area contributed by atoms with Gasteiger partial charge in [-0.25, -0.2) is 0 Å². The summed E-state index contributed by atoms with van der Waals surface area (Å²) in [6.45, 7) is 8.93. The molecule has 0 aliphatic heterocycles. The number of aryl methyl sites for hydroxylation is 1. The maximum Gasteiger partial charge on any atom is 0.164 e. The molecule has 4 N–H and O–H groups in total. The first kappa shape index (κ1) is 33.2. The van der Waals surface area contributed by atoms with Crippen molar-refractivity contribution in [2.45, 2.75) is 66.6 Å². The van der Waals surface area contributed by atoms with Crippen LogP contribution in [0, 0.1) is 0 Å². The molecule has 0 heterocycles. The number of benzene rings is 1. The number of methoxy groups -OCH3 is 1. The molecule has 1 aliphatic rings. The zero-order valence-electron chi connectivity index (χ0n) is 20.8. The quantitative estimate of drug-likeness (QED) is 0.190. The molecule has 0 saturated heterocycles. The average molecular weight is 472 g/mol. The summed E-state index contributed by atoms with van der Waals surface area (Å²) in [6.07, 6.45) is 14.6. The van der Waals surface area contributed by atoms with Gasteiger partial charge in [-0.15, -0.1) is 0 Å². The standard InChI is InChI=1S/C15H18.C8H13N3O.C4H10O2.CH4/c1-2-6-13-9-11-15(12-10-13)14-7-4-3-5-8-14;1-4-11-5-7(6(2)12)8(9)10-3;1-3-4(5)6-2;/h4,7-12H,2-3,5-6H2,1H3;4-5,11H,1H2,2-3H3,(H2,9,10);4-5H,3H2,1-2H3;1H4/b;7-5-;;. The molecule has 0 amide bonds. The first-order chi connectivity index (χ1) is 15.8. The van der Waals surface area contributed by atoms with Gasteiger partial charge in [0.05, 0.1) is 5.57 Å². The minimum atomic E-state index is -0.565. The van der Waals surface area contributed by atoms with E-state index in [2.05, 4.69) is 71.0 Å². The largest absolute Gasteiger partial charge is 0.383 e. The zero-order chi connectivity index (χ0) is 25.1. The molecule has 0 saturated carbocycles. The maximum absolute atomic E-state index is 10.9. The fourth-order valence-electron chi connectivity index (χ4n) is 2.77. The fraction of sp³-hybridized carbons (Fsp3) is 0.429. The van der Waals surface area contributed by atoms with Gasteiger partial charge in [-0.2, -0.15) is 0 Å². The van der Waals surface area contributed by atoms with Crippen molar-refractivity contribution in [3.8, 4) is 0 Å². The molecule has 1 atom stereocenters. The number of allylic oxidation sites excluding steroid dienone is 4. The number of hydrogen-bond acceptors (Lipinski definition) is 5. The number of ether oxygens (including phenoxy) is 1. The van der Waals surface area contributed by atoms with Gasteiger partial charge >= 0.3 is 0 Å². The zero-order valence-corrected chi connectivity index (χ0v) is 20.8. The Labute approximate surface area is 207 Å². The van der Waals surface area contributed by atoms with E-state index in [-0.39, 0.29) is 19.0 Å². The van der Waals surface area contributed by atoms with Crippen LogP contribution in [0.25, 0.3) is 5.57 Å². The Balaban J connectivity index is 0. The number of nitrogens with zero attached hydrogens (tertiary/aromatic N) is 1. The van der Waals surface area contributed by atoms with Crippen LogP contribution >= 0.6 is 0 Å². The van der Waals surface area contributed by atoms with Crippen LogP contribution in [0.3, 0.4) is 0 Å². The number of hydrogen-bond donors (Lipinski definition) is 3. The van der Waals surface area contributed by atoms with E-state index in [4.69, 9.17) is 10.8 Å². The minimum Gasteiger partial charge on any atom is -0.383 e. The molecule has 0 bridgehead atoms. The van der Waals surface area contributed by atoms with Crippen molar-refractivity contribution in [1.82, 2.24) is 5.32 Å². The Morgan fingerprint density at radius 1 is 1.29 bits per heavy atom. The summed E-state index contributed by atoms with van der Waals surface area (Å²) in [5.41, 5.74) is 9.98. The number of ketones is 1. The number of nitrogens with two attached hydrogens (primary N) is 1. The lowest BCUT2D eigenvalue weighted by molar-refractivity contribution is -0.113. The highest BCUT2D eigenvalue weighted by molar-refractivity contribution is 6.20. The predicted molar refractivity (Wildman–Crippen MR) is 146 cm³/mol. The topological polar surface area (TPSA) is 96.9 Å². The van der Waals surface area contributed by atoms with Gasteiger partial charge in [-0.05, 0) is 55.5 Å². The van der Waals surface area contributed by atoms with Gasteiger partial charge in [0, 0.05) is 20.4 Å². The molecule has 1 aromatic carbocycles. The monoisotopic (exact) mass is 471 g/mol. The lowest BCUT2D eigenvalue weighted by Crippen LogP contribution is -2.21. The van der Waals surface area contributed by atoms with Gasteiger partial charge in [0.25, 0.3) is 0 Å². The normalized spacial score (nSPS) is 13.6. The number of nitrogens with one attached hydrogen (secondary N) is 1. The summed E-state index contributed by atoms with van der Waals surface area (Å²) in [6, 6.07) is 8.99. The number of rotatable bonds is 9. The smallest absolute Gasteiger partial charge is 0.164 e. The molecule has 6 nitrogen and oxygen atoms in total. The van der Waals surface area contributed by atoms with E-state index in [1.165, 1.54) is 75.9 Å². The minimum absolute atomic E-state index is 0. The van der Waals surface area contributed by atoms with Crippen molar-refractivity contribution >= 4 is 17.2 Å². The predicted octanol–water partition coefficient (Wildman–Crippen LogP) is 5.55. The Morgan fingerprint density at radius 2 is 1.94 bits per heavy atom. The van der Waals surface area contributed by atoms with Gasteiger partial charge in [0.1, 0.15) is 5.84 Å².